The number of benzene rings is 1. The molecule has 0 spiro atoms. The average molecular weight is 284 g/mol. The van der Waals surface area contributed by atoms with Crippen molar-refractivity contribution in [2.75, 3.05) is 23.4 Å². The number of carbonyl (C=O) groups excluding carboxylic acids is 2. The van der Waals surface area contributed by atoms with Crippen LogP contribution in [0, 0.1) is 5.82 Å². The van der Waals surface area contributed by atoms with Crippen molar-refractivity contribution in [1.82, 2.24) is 5.32 Å². The van der Waals surface area contributed by atoms with Crippen LogP contribution in [0.5, 0.6) is 0 Å². The Hall–Kier alpha value is -1.56. The summed E-state index contributed by atoms with van der Waals surface area (Å²) in [7, 11) is 0. The SMILES string of the molecule is CCCNC(=O)CSCC(=O)Nc1ccc(F)cc1. The largest absolute Gasteiger partial charge is 0.355 e. The van der Waals surface area contributed by atoms with Gasteiger partial charge in [0.05, 0.1) is 11.5 Å². The van der Waals surface area contributed by atoms with Gasteiger partial charge in [0.25, 0.3) is 0 Å². The topological polar surface area (TPSA) is 58.2 Å². The summed E-state index contributed by atoms with van der Waals surface area (Å²) in [5.74, 6) is -0.172. The number of rotatable bonds is 7. The zero-order chi connectivity index (χ0) is 14.1. The van der Waals surface area contributed by atoms with Crippen LogP contribution < -0.4 is 10.6 Å². The fourth-order valence-electron chi connectivity index (χ4n) is 1.28. The maximum absolute atomic E-state index is 12.7. The molecule has 0 saturated heterocycles. The average Bonchev–Trinajstić information content (AvgIpc) is 2.39. The van der Waals surface area contributed by atoms with Crippen LogP contribution in [0.1, 0.15) is 13.3 Å². The molecule has 0 fully saturated rings. The lowest BCUT2D eigenvalue weighted by molar-refractivity contribution is -0.118. The molecule has 6 heteroatoms. The van der Waals surface area contributed by atoms with E-state index in [9.17, 15) is 14.0 Å². The Labute approximate surface area is 116 Å². The maximum Gasteiger partial charge on any atom is 0.234 e. The number of hydrogen-bond acceptors (Lipinski definition) is 3. The highest BCUT2D eigenvalue weighted by Crippen LogP contribution is 2.09. The Morgan fingerprint density at radius 2 is 1.79 bits per heavy atom. The van der Waals surface area contributed by atoms with E-state index in [0.29, 0.717) is 12.2 Å². The second-order valence-electron chi connectivity index (χ2n) is 3.90. The van der Waals surface area contributed by atoms with Crippen molar-refractivity contribution < 1.29 is 14.0 Å². The van der Waals surface area contributed by atoms with Crippen LogP contribution in [0.2, 0.25) is 0 Å². The van der Waals surface area contributed by atoms with Gasteiger partial charge < -0.3 is 10.6 Å². The van der Waals surface area contributed by atoms with Gasteiger partial charge in [-0.05, 0) is 30.7 Å². The molecule has 2 amide bonds. The third-order valence-corrected chi connectivity index (χ3v) is 3.10. The van der Waals surface area contributed by atoms with Crippen LogP contribution >= 0.6 is 11.8 Å². The van der Waals surface area contributed by atoms with Gasteiger partial charge in [-0.1, -0.05) is 6.92 Å². The van der Waals surface area contributed by atoms with Gasteiger partial charge >= 0.3 is 0 Å². The minimum atomic E-state index is -0.347. The van der Waals surface area contributed by atoms with Gasteiger partial charge in [0.2, 0.25) is 11.8 Å². The molecule has 0 aliphatic carbocycles. The number of amides is 2. The molecule has 1 aromatic rings. The fraction of sp³-hybridized carbons (Fsp3) is 0.385. The number of thioether (sulfide) groups is 1. The molecule has 0 aliphatic heterocycles. The number of anilines is 1. The van der Waals surface area contributed by atoms with E-state index < -0.39 is 0 Å². The molecular weight excluding hydrogens is 267 g/mol. The van der Waals surface area contributed by atoms with E-state index in [1.165, 1.54) is 36.0 Å². The zero-order valence-electron chi connectivity index (χ0n) is 10.7. The molecule has 0 atom stereocenters. The van der Waals surface area contributed by atoms with Gasteiger partial charge in [0, 0.05) is 12.2 Å². The normalized spacial score (nSPS) is 10.0. The van der Waals surface area contributed by atoms with Gasteiger partial charge in [-0.25, -0.2) is 4.39 Å². The van der Waals surface area contributed by atoms with Gasteiger partial charge in [0.1, 0.15) is 5.82 Å². The quantitative estimate of drug-likeness (QED) is 0.805. The van der Waals surface area contributed by atoms with E-state index in [-0.39, 0.29) is 29.1 Å². The van der Waals surface area contributed by atoms with Crippen molar-refractivity contribution >= 4 is 29.3 Å². The summed E-state index contributed by atoms with van der Waals surface area (Å²) in [5.41, 5.74) is 0.544. The Bertz CT molecular complexity index is 423. The van der Waals surface area contributed by atoms with Crippen molar-refractivity contribution in [2.24, 2.45) is 0 Å². The predicted molar refractivity (Wildman–Crippen MR) is 75.7 cm³/mol. The number of halogens is 1. The molecule has 104 valence electrons. The fourth-order valence-corrected chi connectivity index (χ4v) is 1.93. The first-order chi connectivity index (χ1) is 9.11. The van der Waals surface area contributed by atoms with Gasteiger partial charge in [0.15, 0.2) is 0 Å². The Kier molecular flexibility index (Phi) is 6.95. The highest BCUT2D eigenvalue weighted by molar-refractivity contribution is 8.00. The van der Waals surface area contributed by atoms with E-state index >= 15 is 0 Å². The molecule has 1 aromatic carbocycles. The predicted octanol–water partition coefficient (Wildman–Crippen LogP) is 2.02. The molecule has 1 rings (SSSR count). The summed E-state index contributed by atoms with van der Waals surface area (Å²) >= 11 is 1.24. The molecule has 0 radical (unpaired) electrons. The molecule has 2 N–H and O–H groups in total. The Morgan fingerprint density at radius 3 is 2.42 bits per heavy atom. The first kappa shape index (κ1) is 15.5. The van der Waals surface area contributed by atoms with Crippen LogP contribution in [0.4, 0.5) is 10.1 Å². The van der Waals surface area contributed by atoms with Crippen LogP contribution in [0.15, 0.2) is 24.3 Å². The van der Waals surface area contributed by atoms with E-state index in [2.05, 4.69) is 10.6 Å². The molecule has 0 aromatic heterocycles. The molecule has 0 heterocycles. The van der Waals surface area contributed by atoms with E-state index in [1.807, 2.05) is 6.92 Å². The van der Waals surface area contributed by atoms with Gasteiger partial charge in [-0.2, -0.15) is 0 Å². The monoisotopic (exact) mass is 284 g/mol. The second-order valence-corrected chi connectivity index (χ2v) is 4.88. The summed E-state index contributed by atoms with van der Waals surface area (Å²) in [6.45, 7) is 2.63. The lowest BCUT2D eigenvalue weighted by atomic mass is 10.3. The van der Waals surface area contributed by atoms with Crippen molar-refractivity contribution in [3.05, 3.63) is 30.1 Å². The summed E-state index contributed by atoms with van der Waals surface area (Å²) in [6.07, 6.45) is 0.890. The van der Waals surface area contributed by atoms with Crippen LogP contribution in [-0.4, -0.2) is 29.9 Å². The minimum absolute atomic E-state index is 0.0681. The summed E-state index contributed by atoms with van der Waals surface area (Å²) in [5, 5.41) is 5.36. The van der Waals surface area contributed by atoms with E-state index in [1.54, 1.807) is 0 Å². The smallest absolute Gasteiger partial charge is 0.234 e. The van der Waals surface area contributed by atoms with E-state index in [0.717, 1.165) is 6.42 Å². The van der Waals surface area contributed by atoms with Crippen molar-refractivity contribution in [3.8, 4) is 0 Å². The first-order valence-electron chi connectivity index (χ1n) is 6.01. The van der Waals surface area contributed by atoms with Gasteiger partial charge in [-0.3, -0.25) is 9.59 Å². The van der Waals surface area contributed by atoms with Crippen molar-refractivity contribution in [3.63, 3.8) is 0 Å². The molecule has 0 bridgehead atoms. The Balaban J connectivity index is 2.21. The number of hydrogen-bond donors (Lipinski definition) is 2. The van der Waals surface area contributed by atoms with Crippen LogP contribution in [0.25, 0.3) is 0 Å². The van der Waals surface area contributed by atoms with E-state index in [4.69, 9.17) is 0 Å². The summed E-state index contributed by atoms with van der Waals surface area (Å²) < 4.78 is 12.7. The standard InChI is InChI=1S/C13H17FN2O2S/c1-2-7-15-12(17)8-19-9-13(18)16-11-5-3-10(14)4-6-11/h3-6H,2,7-9H2,1H3,(H,15,17)(H,16,18). The lowest BCUT2D eigenvalue weighted by Crippen LogP contribution is -2.26. The summed E-state index contributed by atoms with van der Waals surface area (Å²) in [4.78, 5) is 22.8. The maximum atomic E-state index is 12.7. The third-order valence-electron chi connectivity index (χ3n) is 2.17. The molecule has 0 saturated carbocycles. The lowest BCUT2D eigenvalue weighted by Gasteiger charge is -2.05. The van der Waals surface area contributed by atoms with Crippen molar-refractivity contribution in [2.45, 2.75) is 13.3 Å². The first-order valence-corrected chi connectivity index (χ1v) is 7.17. The molecule has 19 heavy (non-hydrogen) atoms. The number of carbonyl (C=O) groups is 2. The highest BCUT2D eigenvalue weighted by atomic mass is 32.2. The van der Waals surface area contributed by atoms with Crippen LogP contribution in [0.3, 0.4) is 0 Å². The molecule has 0 aliphatic rings. The molecule has 0 unspecified atom stereocenters. The van der Waals surface area contributed by atoms with Crippen LogP contribution in [-0.2, 0) is 9.59 Å². The minimum Gasteiger partial charge on any atom is -0.355 e. The zero-order valence-corrected chi connectivity index (χ0v) is 11.6. The third kappa shape index (κ3) is 6.81. The Morgan fingerprint density at radius 1 is 1.16 bits per heavy atom. The summed E-state index contributed by atoms with van der Waals surface area (Å²) in [6, 6.07) is 5.54. The van der Waals surface area contributed by atoms with Gasteiger partial charge in [-0.15, -0.1) is 11.8 Å². The molecular formula is C13H17FN2O2S. The molecule has 4 nitrogen and oxygen atoms in total. The number of nitrogens with one attached hydrogen (secondary N) is 2. The highest BCUT2D eigenvalue weighted by Gasteiger charge is 2.05. The second kappa shape index (κ2) is 8.53. The van der Waals surface area contributed by atoms with Crippen molar-refractivity contribution in [1.29, 1.82) is 0 Å².